The molecule has 0 aliphatic carbocycles. The molecule has 0 unspecified atom stereocenters. The van der Waals surface area contributed by atoms with Gasteiger partial charge in [-0.25, -0.2) is 0 Å². The van der Waals surface area contributed by atoms with Gasteiger partial charge in [0, 0.05) is 11.9 Å². The van der Waals surface area contributed by atoms with Gasteiger partial charge >= 0.3 is 7.60 Å². The van der Waals surface area contributed by atoms with Crippen LogP contribution in [0.15, 0.2) is 66.7 Å². The molecule has 0 aliphatic heterocycles. The smallest absolute Gasteiger partial charge is 0.325 e. The zero-order chi connectivity index (χ0) is 21.9. The van der Waals surface area contributed by atoms with Crippen LogP contribution in [0, 0.1) is 0 Å². The topological polar surface area (TPSA) is 78.8 Å². The van der Waals surface area contributed by atoms with Crippen molar-refractivity contribution in [2.24, 2.45) is 0 Å². The van der Waals surface area contributed by atoms with E-state index in [1.165, 1.54) is 12.0 Å². The molecule has 0 heterocycles. The van der Waals surface area contributed by atoms with Crippen LogP contribution >= 0.6 is 7.60 Å². The monoisotopic (exact) mass is 441 g/mol. The highest BCUT2D eigenvalue weighted by atomic mass is 31.2. The summed E-state index contributed by atoms with van der Waals surface area (Å²) in [4.78, 5) is 17.9. The van der Waals surface area contributed by atoms with Gasteiger partial charge in [0.25, 0.3) is 0 Å². The van der Waals surface area contributed by atoms with Gasteiger partial charge in [-0.2, -0.15) is 0 Å². The van der Waals surface area contributed by atoms with E-state index in [1.54, 1.807) is 0 Å². The number of hydrogen-bond acceptors (Lipinski definition) is 3. The van der Waals surface area contributed by atoms with Gasteiger partial charge < -0.3 is 19.8 Å². The minimum atomic E-state index is -3.91. The van der Waals surface area contributed by atoms with Gasteiger partial charge in [0.15, 0.2) is 0 Å². The number of nitrogens with one attached hydrogen (secondary N) is 1. The summed E-state index contributed by atoms with van der Waals surface area (Å²) >= 11 is 0. The first-order chi connectivity index (χ1) is 15.0. The third-order valence-corrected chi connectivity index (χ3v) is 6.20. The van der Waals surface area contributed by atoms with E-state index in [9.17, 15) is 4.57 Å². The number of benzene rings is 3. The zero-order valence-electron chi connectivity index (χ0n) is 17.9. The molecule has 0 atom stereocenters. The third kappa shape index (κ3) is 8.12. The van der Waals surface area contributed by atoms with Crippen LogP contribution in [-0.2, 0) is 17.5 Å². The average Bonchev–Trinajstić information content (AvgIpc) is 2.76. The Kier molecular flexibility index (Phi) is 9.11. The van der Waals surface area contributed by atoms with Crippen LogP contribution in [-0.4, -0.2) is 29.1 Å². The molecule has 3 N–H and O–H groups in total. The Morgan fingerprint density at radius 1 is 0.806 bits per heavy atom. The molecule has 0 aromatic heterocycles. The number of unbranched alkanes of at least 4 members (excludes halogenated alkanes) is 2. The summed E-state index contributed by atoms with van der Waals surface area (Å²) in [5.74, 6) is 0.906. The molecule has 0 saturated carbocycles. The van der Waals surface area contributed by atoms with Crippen molar-refractivity contribution < 1.29 is 19.1 Å². The Hall–Kier alpha value is -2.17. The quantitative estimate of drug-likeness (QED) is 0.248. The molecule has 0 spiro atoms. The fraction of sp³-hybridized carbons (Fsp3) is 0.360. The van der Waals surface area contributed by atoms with Crippen molar-refractivity contribution in [1.29, 1.82) is 0 Å². The molecule has 5 nitrogen and oxygen atoms in total. The molecule has 0 saturated heterocycles. The van der Waals surface area contributed by atoms with Crippen LogP contribution in [0.1, 0.15) is 36.8 Å². The highest BCUT2D eigenvalue weighted by Crippen LogP contribution is 2.34. The van der Waals surface area contributed by atoms with Crippen molar-refractivity contribution >= 4 is 18.4 Å². The lowest BCUT2D eigenvalue weighted by atomic mass is 10.0. The lowest BCUT2D eigenvalue weighted by molar-refractivity contribution is 0.308. The Bertz CT molecular complexity index is 987. The number of ether oxygens (including phenoxy) is 1. The van der Waals surface area contributed by atoms with Crippen LogP contribution in [0.4, 0.5) is 0 Å². The van der Waals surface area contributed by atoms with Gasteiger partial charge in [0.1, 0.15) is 5.75 Å². The molecule has 0 radical (unpaired) electrons. The molecule has 0 amide bonds. The predicted octanol–water partition coefficient (Wildman–Crippen LogP) is 5.29. The minimum Gasteiger partial charge on any atom is -0.493 e. The van der Waals surface area contributed by atoms with E-state index in [0.717, 1.165) is 41.3 Å². The van der Waals surface area contributed by atoms with E-state index in [4.69, 9.17) is 14.5 Å². The number of aryl methyl sites for hydroxylation is 1. The first-order valence-electron chi connectivity index (χ1n) is 11.0. The largest absolute Gasteiger partial charge is 0.493 e. The van der Waals surface area contributed by atoms with Crippen molar-refractivity contribution in [2.45, 2.75) is 38.6 Å². The van der Waals surface area contributed by atoms with E-state index in [0.29, 0.717) is 26.1 Å². The Labute approximate surface area is 184 Å². The van der Waals surface area contributed by atoms with Crippen LogP contribution in [0.2, 0.25) is 0 Å². The highest BCUT2D eigenvalue weighted by molar-refractivity contribution is 7.51. The maximum atomic E-state index is 10.9. The van der Waals surface area contributed by atoms with Crippen LogP contribution in [0.5, 0.6) is 5.75 Å². The van der Waals surface area contributed by atoms with Crippen LogP contribution in [0.3, 0.4) is 0 Å². The molecule has 0 bridgehead atoms. The predicted molar refractivity (Wildman–Crippen MR) is 127 cm³/mol. The van der Waals surface area contributed by atoms with Gasteiger partial charge in [-0.05, 0) is 61.2 Å². The second-order valence-corrected chi connectivity index (χ2v) is 9.61. The molecule has 3 aromatic rings. The highest BCUT2D eigenvalue weighted by Gasteiger charge is 2.11. The molecule has 0 aliphatic rings. The van der Waals surface area contributed by atoms with E-state index in [2.05, 4.69) is 53.8 Å². The van der Waals surface area contributed by atoms with Gasteiger partial charge in [-0.15, -0.1) is 0 Å². The molecule has 3 rings (SSSR count). The van der Waals surface area contributed by atoms with Crippen molar-refractivity contribution in [2.75, 3.05) is 19.3 Å². The number of rotatable bonds is 13. The Balaban J connectivity index is 1.47. The lowest BCUT2D eigenvalue weighted by Crippen LogP contribution is -2.16. The minimum absolute atomic E-state index is 0.0845. The summed E-state index contributed by atoms with van der Waals surface area (Å²) in [5.41, 5.74) is 2.54. The average molecular weight is 442 g/mol. The van der Waals surface area contributed by atoms with E-state index in [-0.39, 0.29) is 6.16 Å². The third-order valence-electron chi connectivity index (χ3n) is 5.30. The first kappa shape index (κ1) is 23.5. The summed E-state index contributed by atoms with van der Waals surface area (Å²) < 4.78 is 17.0. The van der Waals surface area contributed by atoms with Crippen LogP contribution in [0.25, 0.3) is 10.8 Å². The van der Waals surface area contributed by atoms with E-state index >= 15 is 0 Å². The second-order valence-electron chi connectivity index (χ2n) is 7.83. The Morgan fingerprint density at radius 2 is 1.55 bits per heavy atom. The lowest BCUT2D eigenvalue weighted by Gasteiger charge is -2.13. The van der Waals surface area contributed by atoms with E-state index in [1.807, 2.05) is 18.2 Å². The molecule has 3 aromatic carbocycles. The normalized spacial score (nSPS) is 11.7. The number of fused-ring (bicyclic) bond motifs is 1. The summed E-state index contributed by atoms with van der Waals surface area (Å²) in [5, 5.41) is 5.52. The molecule has 31 heavy (non-hydrogen) atoms. The van der Waals surface area contributed by atoms with E-state index < -0.39 is 7.60 Å². The molecular formula is C25H32NO4P. The van der Waals surface area contributed by atoms with Crippen molar-refractivity contribution in [3.05, 3.63) is 77.9 Å². The standard InChI is InChI=1S/C25H32NO4P/c27-31(28,29)19-9-17-26-20-22-15-16-25(24-14-7-6-13-23(22)24)30-18-8-2-5-12-21-10-3-1-4-11-21/h1,3-4,6-7,10-11,13-16,26H,2,5,8-9,12,17-20H2,(H2,27,28,29). The summed E-state index contributed by atoms with van der Waals surface area (Å²) in [6.45, 7) is 1.93. The Morgan fingerprint density at radius 3 is 2.32 bits per heavy atom. The van der Waals surface area contributed by atoms with Crippen molar-refractivity contribution in [3.63, 3.8) is 0 Å². The molecule has 0 fully saturated rings. The van der Waals surface area contributed by atoms with Gasteiger partial charge in [-0.3, -0.25) is 4.57 Å². The maximum absolute atomic E-state index is 10.9. The molecule has 166 valence electrons. The van der Waals surface area contributed by atoms with Crippen LogP contribution < -0.4 is 10.1 Å². The number of hydrogen-bond donors (Lipinski definition) is 3. The van der Waals surface area contributed by atoms with Gasteiger partial charge in [-0.1, -0.05) is 60.7 Å². The fourth-order valence-electron chi connectivity index (χ4n) is 3.68. The second kappa shape index (κ2) is 12.0. The molecular weight excluding hydrogens is 409 g/mol. The van der Waals surface area contributed by atoms with Crippen molar-refractivity contribution in [1.82, 2.24) is 5.32 Å². The van der Waals surface area contributed by atoms with Gasteiger partial charge in [0.05, 0.1) is 12.8 Å². The SMILES string of the molecule is O=P(O)(O)CCCNCc1ccc(OCCCCCc2ccccc2)c2ccccc12. The maximum Gasteiger partial charge on any atom is 0.325 e. The fourth-order valence-corrected chi connectivity index (χ4v) is 4.25. The molecule has 6 heteroatoms. The summed E-state index contributed by atoms with van der Waals surface area (Å²) in [6, 6.07) is 22.9. The zero-order valence-corrected chi connectivity index (χ0v) is 18.8. The van der Waals surface area contributed by atoms with Crippen molar-refractivity contribution in [3.8, 4) is 5.75 Å². The summed E-state index contributed by atoms with van der Waals surface area (Å²) in [6.07, 6.45) is 4.82. The summed E-state index contributed by atoms with van der Waals surface area (Å²) in [7, 11) is -3.91. The first-order valence-corrected chi connectivity index (χ1v) is 12.8. The van der Waals surface area contributed by atoms with Gasteiger partial charge in [0.2, 0.25) is 0 Å².